The topological polar surface area (TPSA) is 66.6 Å². The van der Waals surface area contributed by atoms with Gasteiger partial charge in [0.15, 0.2) is 0 Å². The molecule has 1 atom stereocenters. The van der Waals surface area contributed by atoms with Gasteiger partial charge in [-0.25, -0.2) is 0 Å². The number of hydrogen-bond donors (Lipinski definition) is 2. The van der Waals surface area contributed by atoms with Crippen molar-refractivity contribution in [3.05, 3.63) is 0 Å². The number of aliphatic hydroxyl groups excluding tert-OH is 1. The smallest absolute Gasteiger partial charge is 0.227 e. The first-order chi connectivity index (χ1) is 6.21. The molecular weight excluding hydrogens is 168 g/mol. The Morgan fingerprint density at radius 2 is 2.15 bits per heavy atom. The van der Waals surface area contributed by atoms with Gasteiger partial charge in [-0.1, -0.05) is 6.92 Å². The van der Waals surface area contributed by atoms with Crippen molar-refractivity contribution in [2.75, 3.05) is 26.2 Å². The Hall–Kier alpha value is -0.610. The van der Waals surface area contributed by atoms with E-state index in [9.17, 15) is 4.79 Å². The fraction of sp³-hybridized carbons (Fsp3) is 0.889. The zero-order valence-electron chi connectivity index (χ0n) is 8.49. The zero-order chi connectivity index (χ0) is 10.3. The van der Waals surface area contributed by atoms with Gasteiger partial charge in [-0.3, -0.25) is 4.79 Å². The summed E-state index contributed by atoms with van der Waals surface area (Å²) in [4.78, 5) is 13.3. The molecule has 13 heavy (non-hydrogen) atoms. The molecule has 4 nitrogen and oxygen atoms in total. The van der Waals surface area contributed by atoms with Crippen LogP contribution in [0.25, 0.3) is 0 Å². The number of nitrogens with zero attached hydrogens (tertiary/aromatic N) is 1. The van der Waals surface area contributed by atoms with E-state index in [1.165, 1.54) is 0 Å². The Morgan fingerprint density at radius 3 is 2.46 bits per heavy atom. The van der Waals surface area contributed by atoms with E-state index in [1.807, 2.05) is 13.8 Å². The molecule has 4 heteroatoms. The van der Waals surface area contributed by atoms with Crippen molar-refractivity contribution >= 4 is 5.91 Å². The van der Waals surface area contributed by atoms with Gasteiger partial charge in [-0.2, -0.15) is 0 Å². The minimum atomic E-state index is -0.0912. The van der Waals surface area contributed by atoms with E-state index in [-0.39, 0.29) is 18.4 Å². The quantitative estimate of drug-likeness (QED) is 0.607. The second-order valence-corrected chi connectivity index (χ2v) is 2.98. The molecule has 0 aliphatic heterocycles. The van der Waals surface area contributed by atoms with Crippen LogP contribution in [0.5, 0.6) is 0 Å². The minimum absolute atomic E-state index is 0.0145. The third-order valence-corrected chi connectivity index (χ3v) is 2.19. The number of carbonyl (C=O) groups is 1. The van der Waals surface area contributed by atoms with Crippen LogP contribution >= 0.6 is 0 Å². The maximum Gasteiger partial charge on any atom is 0.227 e. The number of likely N-dealkylation sites (N-methyl/N-ethyl adjacent to an activating group) is 1. The average molecular weight is 188 g/mol. The van der Waals surface area contributed by atoms with E-state index in [0.717, 1.165) is 6.42 Å². The van der Waals surface area contributed by atoms with Crippen molar-refractivity contribution in [2.24, 2.45) is 11.7 Å². The summed E-state index contributed by atoms with van der Waals surface area (Å²) in [5.41, 5.74) is 5.46. The van der Waals surface area contributed by atoms with E-state index in [0.29, 0.717) is 19.6 Å². The monoisotopic (exact) mass is 188 g/mol. The number of carbonyl (C=O) groups excluding carboxylic acids is 1. The number of hydrogen-bond acceptors (Lipinski definition) is 3. The van der Waals surface area contributed by atoms with Crippen LogP contribution < -0.4 is 5.73 Å². The Morgan fingerprint density at radius 1 is 1.54 bits per heavy atom. The minimum Gasteiger partial charge on any atom is -0.395 e. The summed E-state index contributed by atoms with van der Waals surface area (Å²) in [6.45, 7) is 5.29. The Labute approximate surface area is 79.7 Å². The van der Waals surface area contributed by atoms with Gasteiger partial charge in [0.25, 0.3) is 0 Å². The normalized spacial score (nSPS) is 12.6. The van der Waals surface area contributed by atoms with Gasteiger partial charge in [0.2, 0.25) is 5.91 Å². The second kappa shape index (κ2) is 6.86. The molecule has 0 saturated heterocycles. The maximum atomic E-state index is 11.7. The van der Waals surface area contributed by atoms with Gasteiger partial charge >= 0.3 is 0 Å². The predicted molar refractivity (Wildman–Crippen MR) is 52.2 cm³/mol. The Bertz CT molecular complexity index is 147. The van der Waals surface area contributed by atoms with Crippen molar-refractivity contribution in [3.63, 3.8) is 0 Å². The van der Waals surface area contributed by atoms with Crippen LogP contribution in [-0.4, -0.2) is 42.2 Å². The zero-order valence-corrected chi connectivity index (χ0v) is 8.49. The van der Waals surface area contributed by atoms with E-state index in [2.05, 4.69) is 0 Å². The van der Waals surface area contributed by atoms with Crippen molar-refractivity contribution in [2.45, 2.75) is 20.3 Å². The molecule has 0 aromatic carbocycles. The molecular formula is C9H20N2O2. The molecule has 0 rings (SSSR count). The number of amides is 1. The number of rotatable bonds is 6. The van der Waals surface area contributed by atoms with Crippen molar-refractivity contribution < 1.29 is 9.90 Å². The van der Waals surface area contributed by atoms with Crippen molar-refractivity contribution in [3.8, 4) is 0 Å². The first-order valence-corrected chi connectivity index (χ1v) is 4.80. The SMILES string of the molecule is CCC(CN)C(=O)N(CC)CCO. The largest absolute Gasteiger partial charge is 0.395 e. The van der Waals surface area contributed by atoms with E-state index < -0.39 is 0 Å². The van der Waals surface area contributed by atoms with Crippen LogP contribution in [0, 0.1) is 5.92 Å². The highest BCUT2D eigenvalue weighted by atomic mass is 16.3. The molecule has 0 saturated carbocycles. The molecule has 0 radical (unpaired) electrons. The van der Waals surface area contributed by atoms with Gasteiger partial charge in [-0.05, 0) is 13.3 Å². The molecule has 78 valence electrons. The second-order valence-electron chi connectivity index (χ2n) is 2.98. The molecule has 0 spiro atoms. The van der Waals surface area contributed by atoms with Gasteiger partial charge in [0.05, 0.1) is 12.5 Å². The average Bonchev–Trinajstić information content (AvgIpc) is 2.15. The van der Waals surface area contributed by atoms with E-state index in [1.54, 1.807) is 4.90 Å². The van der Waals surface area contributed by atoms with Crippen LogP contribution in [0.4, 0.5) is 0 Å². The fourth-order valence-electron chi connectivity index (χ4n) is 1.25. The summed E-state index contributed by atoms with van der Waals surface area (Å²) in [6.07, 6.45) is 0.761. The molecule has 0 bridgehead atoms. The third kappa shape index (κ3) is 3.74. The lowest BCUT2D eigenvalue weighted by Crippen LogP contribution is -2.40. The third-order valence-electron chi connectivity index (χ3n) is 2.19. The first-order valence-electron chi connectivity index (χ1n) is 4.80. The van der Waals surface area contributed by atoms with Crippen molar-refractivity contribution in [1.82, 2.24) is 4.90 Å². The van der Waals surface area contributed by atoms with Gasteiger partial charge in [0, 0.05) is 19.6 Å². The van der Waals surface area contributed by atoms with Crippen molar-refractivity contribution in [1.29, 1.82) is 0 Å². The Balaban J connectivity index is 4.16. The molecule has 0 aliphatic carbocycles. The molecule has 1 unspecified atom stereocenters. The number of aliphatic hydroxyl groups is 1. The summed E-state index contributed by atoms with van der Waals surface area (Å²) in [5, 5.41) is 8.72. The standard InChI is InChI=1S/C9H20N2O2/c1-3-8(7-10)9(13)11(4-2)5-6-12/h8,12H,3-7,10H2,1-2H3. The summed E-state index contributed by atoms with van der Waals surface area (Å²) < 4.78 is 0. The number of nitrogens with two attached hydrogens (primary N) is 1. The van der Waals surface area contributed by atoms with Gasteiger partial charge in [0.1, 0.15) is 0 Å². The highest BCUT2D eigenvalue weighted by molar-refractivity contribution is 5.79. The van der Waals surface area contributed by atoms with E-state index in [4.69, 9.17) is 10.8 Å². The van der Waals surface area contributed by atoms with Crippen LogP contribution in [0.15, 0.2) is 0 Å². The molecule has 0 heterocycles. The van der Waals surface area contributed by atoms with Crippen LogP contribution in [0.2, 0.25) is 0 Å². The van der Waals surface area contributed by atoms with Gasteiger partial charge in [-0.15, -0.1) is 0 Å². The highest BCUT2D eigenvalue weighted by Gasteiger charge is 2.19. The lowest BCUT2D eigenvalue weighted by atomic mass is 10.1. The fourth-order valence-corrected chi connectivity index (χ4v) is 1.25. The summed E-state index contributed by atoms with van der Waals surface area (Å²) in [5.74, 6) is -0.0342. The highest BCUT2D eigenvalue weighted by Crippen LogP contribution is 2.05. The molecule has 1 amide bonds. The summed E-state index contributed by atoms with van der Waals surface area (Å²) >= 11 is 0. The van der Waals surface area contributed by atoms with Crippen LogP contribution in [0.1, 0.15) is 20.3 Å². The molecule has 0 aliphatic rings. The predicted octanol–water partition coefficient (Wildman–Crippen LogP) is -0.188. The van der Waals surface area contributed by atoms with Crippen LogP contribution in [0.3, 0.4) is 0 Å². The summed E-state index contributed by atoms with van der Waals surface area (Å²) in [6, 6.07) is 0. The molecule has 0 aromatic rings. The van der Waals surface area contributed by atoms with E-state index >= 15 is 0 Å². The molecule has 0 fully saturated rings. The maximum absolute atomic E-state index is 11.7. The van der Waals surface area contributed by atoms with Gasteiger partial charge < -0.3 is 15.7 Å². The lowest BCUT2D eigenvalue weighted by molar-refractivity contribution is -0.135. The molecule has 0 aromatic heterocycles. The molecule has 3 N–H and O–H groups in total. The van der Waals surface area contributed by atoms with Crippen LogP contribution in [-0.2, 0) is 4.79 Å². The Kier molecular flexibility index (Phi) is 6.54. The first kappa shape index (κ1) is 12.4. The summed E-state index contributed by atoms with van der Waals surface area (Å²) in [7, 11) is 0. The lowest BCUT2D eigenvalue weighted by Gasteiger charge is -2.24.